The molecule has 74 valence electrons. The molecule has 0 aliphatic heterocycles. The first-order valence-electron chi connectivity index (χ1n) is 3.69. The molecule has 0 aromatic carbocycles. The molecule has 0 unspecified atom stereocenters. The molecule has 0 aliphatic rings. The van der Waals surface area contributed by atoms with Crippen LogP contribution in [0, 0.1) is 0 Å². The molecule has 3 N–H and O–H groups in total. The number of aliphatic carboxylic acids is 1. The first-order valence-corrected chi connectivity index (χ1v) is 3.69. The first-order chi connectivity index (χ1) is 5.99. The van der Waals surface area contributed by atoms with E-state index in [0.29, 0.717) is 0 Å². The number of nitrogens with two attached hydrogens (primary N) is 1. The van der Waals surface area contributed by atoms with Crippen LogP contribution >= 0.6 is 0 Å². The minimum Gasteiger partial charge on any atom is -0.478 e. The maximum absolute atomic E-state index is 11.1. The van der Waals surface area contributed by atoms with Crippen LogP contribution in [-0.4, -0.2) is 36.6 Å². The van der Waals surface area contributed by atoms with E-state index in [9.17, 15) is 9.59 Å². The third-order valence-electron chi connectivity index (χ3n) is 1.41. The van der Waals surface area contributed by atoms with E-state index in [2.05, 4.69) is 4.74 Å². The van der Waals surface area contributed by atoms with Gasteiger partial charge in [-0.05, 0) is 13.0 Å². The van der Waals surface area contributed by atoms with Crippen molar-refractivity contribution >= 4 is 11.8 Å². The number of ketones is 1. The monoisotopic (exact) mass is 187 g/mol. The number of carboxylic acids is 1. The van der Waals surface area contributed by atoms with Crippen LogP contribution < -0.4 is 5.73 Å². The van der Waals surface area contributed by atoms with Gasteiger partial charge in [0.05, 0.1) is 12.6 Å². The summed E-state index contributed by atoms with van der Waals surface area (Å²) < 4.78 is 4.64. The summed E-state index contributed by atoms with van der Waals surface area (Å²) >= 11 is 0. The molecule has 0 aromatic heterocycles. The van der Waals surface area contributed by atoms with Crippen molar-refractivity contribution in [3.8, 4) is 0 Å². The molecule has 5 nitrogen and oxygen atoms in total. The molecule has 0 saturated heterocycles. The Balaban J connectivity index is 4.28. The van der Waals surface area contributed by atoms with Gasteiger partial charge in [-0.1, -0.05) is 0 Å². The second-order valence-electron chi connectivity index (χ2n) is 2.60. The fourth-order valence-corrected chi connectivity index (χ4v) is 0.644. The second-order valence-corrected chi connectivity index (χ2v) is 2.60. The Labute approximate surface area is 76.2 Å². The zero-order chi connectivity index (χ0) is 10.4. The lowest BCUT2D eigenvalue weighted by Gasteiger charge is -2.05. The molecule has 0 amide bonds. The van der Waals surface area contributed by atoms with E-state index in [4.69, 9.17) is 10.8 Å². The van der Waals surface area contributed by atoms with Gasteiger partial charge in [-0.3, -0.25) is 4.79 Å². The van der Waals surface area contributed by atoms with Gasteiger partial charge in [-0.25, -0.2) is 4.79 Å². The molecule has 5 heteroatoms. The molecule has 0 radical (unpaired) electrons. The van der Waals surface area contributed by atoms with Gasteiger partial charge in [0.2, 0.25) is 0 Å². The molecule has 0 bridgehead atoms. The number of hydrogen-bond donors (Lipinski definition) is 2. The normalized spacial score (nSPS) is 13.9. The van der Waals surface area contributed by atoms with E-state index in [0.717, 1.165) is 6.08 Å². The fourth-order valence-electron chi connectivity index (χ4n) is 0.644. The molecule has 13 heavy (non-hydrogen) atoms. The Bertz CT molecular complexity index is 234. The quantitative estimate of drug-likeness (QED) is 0.569. The number of ether oxygens (including phenoxy) is 1. The summed E-state index contributed by atoms with van der Waals surface area (Å²) in [4.78, 5) is 21.4. The van der Waals surface area contributed by atoms with Crippen LogP contribution in [0.3, 0.4) is 0 Å². The molecule has 0 rings (SSSR count). The van der Waals surface area contributed by atoms with Crippen LogP contribution in [0.25, 0.3) is 0 Å². The largest absolute Gasteiger partial charge is 0.478 e. The minimum atomic E-state index is -1.13. The highest BCUT2D eigenvalue weighted by Crippen LogP contribution is 1.95. The van der Waals surface area contributed by atoms with Crippen molar-refractivity contribution in [1.82, 2.24) is 0 Å². The van der Waals surface area contributed by atoms with E-state index >= 15 is 0 Å². The highest BCUT2D eigenvalue weighted by Gasteiger charge is 2.12. The van der Waals surface area contributed by atoms with Crippen molar-refractivity contribution < 1.29 is 19.4 Å². The third kappa shape index (κ3) is 4.39. The Kier molecular flexibility index (Phi) is 4.94. The van der Waals surface area contributed by atoms with Gasteiger partial charge in [0, 0.05) is 12.7 Å². The van der Waals surface area contributed by atoms with Gasteiger partial charge in [-0.2, -0.15) is 0 Å². The molecule has 0 heterocycles. The minimum absolute atomic E-state index is 0.0310. The average Bonchev–Trinajstić information content (AvgIpc) is 2.04. The summed E-state index contributed by atoms with van der Waals surface area (Å²) in [7, 11) is 1.42. The van der Waals surface area contributed by atoms with E-state index in [-0.39, 0.29) is 12.2 Å². The van der Waals surface area contributed by atoms with Gasteiger partial charge in [0.15, 0.2) is 5.78 Å². The Hall–Kier alpha value is -1.20. The smallest absolute Gasteiger partial charge is 0.331 e. The number of methoxy groups -OCH3 is 1. The van der Waals surface area contributed by atoms with Crippen molar-refractivity contribution in [2.24, 2.45) is 5.73 Å². The van der Waals surface area contributed by atoms with Gasteiger partial charge in [0.1, 0.15) is 0 Å². The van der Waals surface area contributed by atoms with Crippen LogP contribution in [0.5, 0.6) is 0 Å². The second kappa shape index (κ2) is 5.45. The SMILES string of the molecule is COC[C@H](N)C(=O)C=C(C)C(=O)O. The molecular formula is C8H13NO4. The van der Waals surface area contributed by atoms with Gasteiger partial charge in [-0.15, -0.1) is 0 Å². The zero-order valence-electron chi connectivity index (χ0n) is 7.61. The Morgan fingerprint density at radius 3 is 2.54 bits per heavy atom. The predicted octanol–water partition coefficient (Wildman–Crippen LogP) is -0.440. The van der Waals surface area contributed by atoms with Gasteiger partial charge >= 0.3 is 5.97 Å². The summed E-state index contributed by atoms with van der Waals surface area (Å²) in [5.74, 6) is -1.57. The Morgan fingerprint density at radius 1 is 1.62 bits per heavy atom. The number of rotatable bonds is 5. The summed E-state index contributed by atoms with van der Waals surface area (Å²) in [5, 5.41) is 8.45. The molecule has 0 aliphatic carbocycles. The first kappa shape index (κ1) is 11.8. The molecule has 0 spiro atoms. The maximum atomic E-state index is 11.1. The molecule has 0 saturated carbocycles. The lowest BCUT2D eigenvalue weighted by atomic mass is 10.1. The van der Waals surface area contributed by atoms with E-state index in [1.807, 2.05) is 0 Å². The fraction of sp³-hybridized carbons (Fsp3) is 0.500. The average molecular weight is 187 g/mol. The number of carbonyl (C=O) groups is 2. The highest BCUT2D eigenvalue weighted by atomic mass is 16.5. The van der Waals surface area contributed by atoms with E-state index in [1.165, 1.54) is 14.0 Å². The van der Waals surface area contributed by atoms with Gasteiger partial charge in [0.25, 0.3) is 0 Å². The summed E-state index contributed by atoms with van der Waals surface area (Å²) in [5.41, 5.74) is 5.33. The predicted molar refractivity (Wildman–Crippen MR) is 46.3 cm³/mol. The topological polar surface area (TPSA) is 89.6 Å². The lowest BCUT2D eigenvalue weighted by Crippen LogP contribution is -2.33. The van der Waals surface area contributed by atoms with Gasteiger partial charge < -0.3 is 15.6 Å². The standard InChI is InChI=1S/C8H13NO4/c1-5(8(11)12)3-7(10)6(9)4-13-2/h3,6H,4,9H2,1-2H3,(H,11,12)/t6-/m0/s1. The summed E-state index contributed by atoms with van der Waals surface area (Å²) in [6, 6.07) is -0.792. The summed E-state index contributed by atoms with van der Waals surface area (Å²) in [6.07, 6.45) is 1.01. The van der Waals surface area contributed by atoms with Crippen LogP contribution in [0.15, 0.2) is 11.6 Å². The van der Waals surface area contributed by atoms with Crippen molar-refractivity contribution in [3.05, 3.63) is 11.6 Å². The summed E-state index contributed by atoms with van der Waals surface area (Å²) in [6.45, 7) is 1.42. The molecular weight excluding hydrogens is 174 g/mol. The van der Waals surface area contributed by atoms with E-state index in [1.54, 1.807) is 0 Å². The third-order valence-corrected chi connectivity index (χ3v) is 1.41. The zero-order valence-corrected chi connectivity index (χ0v) is 7.61. The molecule has 0 aromatic rings. The van der Waals surface area contributed by atoms with Crippen molar-refractivity contribution in [2.45, 2.75) is 13.0 Å². The molecule has 1 atom stereocenters. The lowest BCUT2D eigenvalue weighted by molar-refractivity contribution is -0.133. The maximum Gasteiger partial charge on any atom is 0.331 e. The van der Waals surface area contributed by atoms with Crippen molar-refractivity contribution in [1.29, 1.82) is 0 Å². The highest BCUT2D eigenvalue weighted by molar-refractivity contribution is 6.00. The number of carboxylic acid groups (broad SMARTS) is 1. The van der Waals surface area contributed by atoms with Crippen molar-refractivity contribution in [3.63, 3.8) is 0 Å². The van der Waals surface area contributed by atoms with Crippen LogP contribution in [0.1, 0.15) is 6.92 Å². The van der Waals surface area contributed by atoms with E-state index < -0.39 is 17.8 Å². The molecule has 0 fully saturated rings. The number of carbonyl (C=O) groups excluding carboxylic acids is 1. The van der Waals surface area contributed by atoms with Crippen LogP contribution in [0.4, 0.5) is 0 Å². The van der Waals surface area contributed by atoms with Crippen molar-refractivity contribution in [2.75, 3.05) is 13.7 Å². The number of hydrogen-bond acceptors (Lipinski definition) is 4. The Morgan fingerprint density at radius 2 is 2.15 bits per heavy atom. The van der Waals surface area contributed by atoms with Crippen LogP contribution in [-0.2, 0) is 14.3 Å². The van der Waals surface area contributed by atoms with Crippen LogP contribution in [0.2, 0.25) is 0 Å².